The zero-order valence-electron chi connectivity index (χ0n) is 18.4. The minimum absolute atomic E-state index is 0.0924. The molecule has 0 aliphatic heterocycles. The number of allylic oxidation sites excluding steroid dienone is 1. The van der Waals surface area contributed by atoms with Gasteiger partial charge < -0.3 is 20.5 Å². The van der Waals surface area contributed by atoms with E-state index in [0.717, 1.165) is 27.8 Å². The minimum atomic E-state index is -1.15. The van der Waals surface area contributed by atoms with Crippen LogP contribution in [0.3, 0.4) is 0 Å². The van der Waals surface area contributed by atoms with Gasteiger partial charge in [-0.05, 0) is 49.4 Å². The number of hydrogen-bond donors (Lipinski definition) is 3. The summed E-state index contributed by atoms with van der Waals surface area (Å²) in [4.78, 5) is 36.1. The Morgan fingerprint density at radius 1 is 1.00 bits per heavy atom. The number of carbonyl (C=O) groups is 3. The van der Waals surface area contributed by atoms with Crippen molar-refractivity contribution >= 4 is 18.0 Å². The third kappa shape index (κ3) is 5.35. The van der Waals surface area contributed by atoms with E-state index in [4.69, 9.17) is 9.84 Å². The summed E-state index contributed by atoms with van der Waals surface area (Å²) in [6, 6.07) is 14.0. The molecule has 0 radical (unpaired) electrons. The van der Waals surface area contributed by atoms with Gasteiger partial charge in [-0.15, -0.1) is 0 Å². The molecule has 0 heterocycles. The molecule has 0 aromatic heterocycles. The van der Waals surface area contributed by atoms with E-state index >= 15 is 0 Å². The number of carbonyl (C=O) groups excluding carboxylic acids is 2. The van der Waals surface area contributed by atoms with Gasteiger partial charge >= 0.3 is 12.1 Å². The molecule has 1 aliphatic carbocycles. The van der Waals surface area contributed by atoms with Gasteiger partial charge in [0.1, 0.15) is 18.7 Å². The van der Waals surface area contributed by atoms with Crippen LogP contribution in [-0.4, -0.2) is 41.8 Å². The lowest BCUT2D eigenvalue weighted by Gasteiger charge is -2.20. The van der Waals surface area contributed by atoms with Gasteiger partial charge in [0, 0.05) is 5.92 Å². The second-order valence-corrected chi connectivity index (χ2v) is 8.11. The average Bonchev–Trinajstić information content (AvgIpc) is 3.08. The van der Waals surface area contributed by atoms with Crippen molar-refractivity contribution in [3.05, 3.63) is 71.3 Å². The summed E-state index contributed by atoms with van der Waals surface area (Å²) in [7, 11) is 0. The van der Waals surface area contributed by atoms with E-state index in [-0.39, 0.29) is 18.9 Å². The first-order valence-corrected chi connectivity index (χ1v) is 10.6. The molecule has 0 spiro atoms. The van der Waals surface area contributed by atoms with Crippen molar-refractivity contribution in [2.45, 2.75) is 45.2 Å². The van der Waals surface area contributed by atoms with Crippen molar-refractivity contribution in [2.75, 3.05) is 6.61 Å². The van der Waals surface area contributed by atoms with E-state index in [1.165, 1.54) is 6.92 Å². The van der Waals surface area contributed by atoms with Crippen LogP contribution in [0.15, 0.2) is 60.2 Å². The Labute approximate surface area is 187 Å². The fourth-order valence-corrected chi connectivity index (χ4v) is 3.74. The zero-order chi connectivity index (χ0) is 23.3. The molecule has 2 unspecified atom stereocenters. The number of alkyl carbamates (subject to hydrolysis) is 1. The third-order valence-corrected chi connectivity index (χ3v) is 5.44. The van der Waals surface area contributed by atoms with Gasteiger partial charge in [-0.25, -0.2) is 4.79 Å². The lowest BCUT2D eigenvalue weighted by atomic mass is 9.98. The number of hydrogen-bond acceptors (Lipinski definition) is 4. The highest BCUT2D eigenvalue weighted by Crippen LogP contribution is 2.44. The molecule has 2 amide bonds. The summed E-state index contributed by atoms with van der Waals surface area (Å²) >= 11 is 0. The Balaban J connectivity index is 1.68. The largest absolute Gasteiger partial charge is 0.480 e. The molecule has 0 fully saturated rings. The Hall–Kier alpha value is -3.61. The van der Waals surface area contributed by atoms with Gasteiger partial charge in [-0.3, -0.25) is 9.59 Å². The van der Waals surface area contributed by atoms with Gasteiger partial charge in [0.2, 0.25) is 5.91 Å². The molecule has 32 heavy (non-hydrogen) atoms. The first kappa shape index (κ1) is 23.1. The van der Waals surface area contributed by atoms with Crippen molar-refractivity contribution in [3.63, 3.8) is 0 Å². The fourth-order valence-electron chi connectivity index (χ4n) is 3.74. The van der Waals surface area contributed by atoms with Crippen LogP contribution < -0.4 is 10.6 Å². The Morgan fingerprint density at radius 3 is 2.09 bits per heavy atom. The molecule has 7 heteroatoms. The summed E-state index contributed by atoms with van der Waals surface area (Å²) in [5.41, 5.74) is 5.41. The smallest absolute Gasteiger partial charge is 0.407 e. The molecule has 3 N–H and O–H groups in total. The molecule has 7 nitrogen and oxygen atoms in total. The summed E-state index contributed by atoms with van der Waals surface area (Å²) in [5.74, 6) is -1.82. The summed E-state index contributed by atoms with van der Waals surface area (Å²) < 4.78 is 5.51. The number of amides is 2. The molecule has 2 aromatic carbocycles. The minimum Gasteiger partial charge on any atom is -0.480 e. The third-order valence-electron chi connectivity index (χ3n) is 5.44. The van der Waals surface area contributed by atoms with E-state index in [9.17, 15) is 14.4 Å². The SMILES string of the molecule is CC(C)=CCC(NC(=O)OCC1c2ccccc2-c2ccccc21)C(=O)NC(C)C(=O)O. The van der Waals surface area contributed by atoms with E-state index in [1.807, 2.05) is 50.2 Å². The Kier molecular flexibility index (Phi) is 7.30. The Morgan fingerprint density at radius 2 is 1.56 bits per heavy atom. The molecule has 0 saturated carbocycles. The van der Waals surface area contributed by atoms with E-state index in [2.05, 4.69) is 22.8 Å². The molecule has 2 aromatic rings. The van der Waals surface area contributed by atoms with Gasteiger partial charge in [-0.2, -0.15) is 0 Å². The first-order valence-electron chi connectivity index (χ1n) is 10.6. The number of carboxylic acid groups (broad SMARTS) is 1. The van der Waals surface area contributed by atoms with Gasteiger partial charge in [0.15, 0.2) is 0 Å². The highest BCUT2D eigenvalue weighted by molar-refractivity contribution is 5.89. The zero-order valence-corrected chi connectivity index (χ0v) is 18.4. The highest BCUT2D eigenvalue weighted by Gasteiger charge is 2.30. The van der Waals surface area contributed by atoms with Crippen LogP contribution in [0.1, 0.15) is 44.2 Å². The number of benzene rings is 2. The summed E-state index contributed by atoms with van der Waals surface area (Å²) in [6.07, 6.45) is 1.31. The number of aliphatic carboxylic acids is 1. The molecule has 0 saturated heterocycles. The number of ether oxygens (including phenoxy) is 1. The standard InChI is InChI=1S/C25H28N2O5/c1-15(2)12-13-22(23(28)26-16(3)24(29)30)27-25(31)32-14-21-19-10-6-4-8-17(19)18-9-5-7-11-20(18)21/h4-12,16,21-22H,13-14H2,1-3H3,(H,26,28)(H,27,31)(H,29,30). The predicted molar refractivity (Wildman–Crippen MR) is 121 cm³/mol. The summed E-state index contributed by atoms with van der Waals surface area (Å²) in [5, 5.41) is 14.0. The first-order chi connectivity index (χ1) is 15.3. The maximum absolute atomic E-state index is 12.6. The maximum atomic E-state index is 12.6. The highest BCUT2D eigenvalue weighted by atomic mass is 16.5. The van der Waals surface area contributed by atoms with Crippen molar-refractivity contribution in [1.82, 2.24) is 10.6 Å². The second kappa shape index (κ2) is 10.1. The number of rotatable bonds is 8. The van der Waals surface area contributed by atoms with Crippen LogP contribution in [0.2, 0.25) is 0 Å². The molecular formula is C25H28N2O5. The molecule has 168 valence electrons. The van der Waals surface area contributed by atoms with Crippen LogP contribution in [0.4, 0.5) is 4.79 Å². The fraction of sp³-hybridized carbons (Fsp3) is 0.320. The molecule has 0 bridgehead atoms. The maximum Gasteiger partial charge on any atom is 0.407 e. The molecule has 1 aliphatic rings. The van der Waals surface area contributed by atoms with Gasteiger partial charge in [0.05, 0.1) is 0 Å². The predicted octanol–water partition coefficient (Wildman–Crippen LogP) is 3.84. The molecule has 3 rings (SSSR count). The van der Waals surface area contributed by atoms with Gasteiger partial charge in [0.25, 0.3) is 0 Å². The average molecular weight is 437 g/mol. The van der Waals surface area contributed by atoms with Crippen molar-refractivity contribution in [3.8, 4) is 11.1 Å². The number of nitrogens with one attached hydrogen (secondary N) is 2. The topological polar surface area (TPSA) is 105 Å². The molecule has 2 atom stereocenters. The van der Waals surface area contributed by atoms with Crippen molar-refractivity contribution < 1.29 is 24.2 Å². The lowest BCUT2D eigenvalue weighted by Crippen LogP contribution is -2.50. The lowest BCUT2D eigenvalue weighted by molar-refractivity contribution is -0.141. The monoisotopic (exact) mass is 436 g/mol. The van der Waals surface area contributed by atoms with Crippen LogP contribution in [0, 0.1) is 0 Å². The van der Waals surface area contributed by atoms with E-state index < -0.39 is 30.1 Å². The van der Waals surface area contributed by atoms with Gasteiger partial charge in [-0.1, -0.05) is 60.2 Å². The molecular weight excluding hydrogens is 408 g/mol. The van der Waals surface area contributed by atoms with Crippen LogP contribution in [0.25, 0.3) is 11.1 Å². The van der Waals surface area contributed by atoms with Crippen molar-refractivity contribution in [1.29, 1.82) is 0 Å². The van der Waals surface area contributed by atoms with Crippen LogP contribution in [0.5, 0.6) is 0 Å². The van der Waals surface area contributed by atoms with Crippen LogP contribution in [-0.2, 0) is 14.3 Å². The van der Waals surface area contributed by atoms with Crippen LogP contribution >= 0.6 is 0 Å². The second-order valence-electron chi connectivity index (χ2n) is 8.11. The van der Waals surface area contributed by atoms with E-state index in [1.54, 1.807) is 6.08 Å². The number of fused-ring (bicyclic) bond motifs is 3. The number of carboxylic acids is 1. The Bertz CT molecular complexity index is 997. The van der Waals surface area contributed by atoms with Crippen molar-refractivity contribution in [2.24, 2.45) is 0 Å². The summed E-state index contributed by atoms with van der Waals surface area (Å²) in [6.45, 7) is 5.25. The quantitative estimate of drug-likeness (QED) is 0.546. The normalized spacial score (nSPS) is 13.8. The van der Waals surface area contributed by atoms with E-state index in [0.29, 0.717) is 0 Å².